The third kappa shape index (κ3) is 19.2. The smallest absolute Gasteiger partial charge is 0.382 e. The van der Waals surface area contributed by atoms with E-state index in [1.165, 1.54) is 87.9 Å². The van der Waals surface area contributed by atoms with Gasteiger partial charge in [0.05, 0.1) is 19.5 Å². The molecule has 0 unspecified atom stereocenters. The van der Waals surface area contributed by atoms with Crippen LogP contribution in [0.2, 0.25) is 0 Å². The van der Waals surface area contributed by atoms with E-state index in [-0.39, 0.29) is 12.4 Å². The number of ether oxygens (including phenoxy) is 2. The van der Waals surface area contributed by atoms with Crippen molar-refractivity contribution < 1.29 is 42.7 Å². The van der Waals surface area contributed by atoms with Crippen LogP contribution >= 0.6 is 15.4 Å². The first-order chi connectivity index (χ1) is 22.0. The minimum Gasteiger partial charge on any atom is -0.382 e. The van der Waals surface area contributed by atoms with Crippen molar-refractivity contribution in [3.05, 3.63) is 24.3 Å². The van der Waals surface area contributed by atoms with Crippen LogP contribution in [0.5, 0.6) is 0 Å². The number of hydrogen-bond donors (Lipinski definition) is 5. The Morgan fingerprint density at radius 2 is 1.48 bits per heavy atom. The Bertz CT molecular complexity index is 1210. The van der Waals surface area contributed by atoms with Crippen LogP contribution in [0.25, 0.3) is 11.2 Å². The number of nitrogens with zero attached hydrogens (tertiary/aromatic N) is 4. The molecule has 0 radical (unpaired) electrons. The van der Waals surface area contributed by atoms with Crippen LogP contribution in [0.3, 0.4) is 0 Å². The maximum absolute atomic E-state index is 11.3. The van der Waals surface area contributed by atoms with Gasteiger partial charge >= 0.3 is 15.4 Å². The number of aryl methyl sites for hydroxylation is 1. The normalized spacial score (nSPS) is 13.3. The van der Waals surface area contributed by atoms with Gasteiger partial charge in [-0.05, 0) is 38.5 Å². The Kier molecular flexibility index (Phi) is 20.0. The van der Waals surface area contributed by atoms with Crippen LogP contribution in [0.15, 0.2) is 18.5 Å². The van der Waals surface area contributed by atoms with Crippen molar-refractivity contribution in [1.82, 2.24) is 19.5 Å². The molecule has 0 bridgehead atoms. The molecule has 6 N–H and O–H groups in total. The van der Waals surface area contributed by atoms with E-state index in [4.69, 9.17) is 34.8 Å². The molecule has 2 aromatic rings. The van der Waals surface area contributed by atoms with E-state index in [1.807, 2.05) is 0 Å². The van der Waals surface area contributed by atoms with Crippen molar-refractivity contribution in [3.63, 3.8) is 0 Å². The molecule has 2 heterocycles. The second kappa shape index (κ2) is 22.8. The highest BCUT2D eigenvalue weighted by Gasteiger charge is 2.24. The number of phosphoric acid groups is 1. The zero-order valence-electron chi connectivity index (χ0n) is 27.2. The molecular weight excluding hydrogens is 636 g/mol. The monoisotopic (exact) mass is 691 g/mol. The number of aromatic nitrogens is 4. The van der Waals surface area contributed by atoms with Crippen molar-refractivity contribution in [3.8, 4) is 0 Å². The second-order valence-electron chi connectivity index (χ2n) is 11.6. The summed E-state index contributed by atoms with van der Waals surface area (Å²) in [6.45, 7) is 2.80. The summed E-state index contributed by atoms with van der Waals surface area (Å²) < 4.78 is 39.4. The molecule has 0 saturated heterocycles. The van der Waals surface area contributed by atoms with Crippen molar-refractivity contribution in [2.45, 2.75) is 122 Å². The molecule has 46 heavy (non-hydrogen) atoms. The zero-order chi connectivity index (χ0) is 33.7. The lowest BCUT2D eigenvalue weighted by Gasteiger charge is -2.19. The summed E-state index contributed by atoms with van der Waals surface area (Å²) in [5.41, 5.74) is 6.77. The molecule has 2 aromatic heterocycles. The average Bonchev–Trinajstić information content (AvgIpc) is 3.39. The van der Waals surface area contributed by atoms with Crippen molar-refractivity contribution >= 4 is 32.4 Å². The van der Waals surface area contributed by atoms with Gasteiger partial charge < -0.3 is 39.3 Å². The third-order valence-electron chi connectivity index (χ3n) is 7.33. The number of imidazole rings is 1. The van der Waals surface area contributed by atoms with E-state index in [0.29, 0.717) is 43.0 Å². The predicted octanol–water partition coefficient (Wildman–Crippen LogP) is 6.02. The van der Waals surface area contributed by atoms with Crippen LogP contribution in [0.4, 0.5) is 5.82 Å². The molecule has 0 aromatic carbocycles. The molecule has 0 aliphatic heterocycles. The van der Waals surface area contributed by atoms with E-state index in [2.05, 4.69) is 38.6 Å². The fourth-order valence-electron chi connectivity index (χ4n) is 4.90. The first-order valence-corrected chi connectivity index (χ1v) is 19.9. The number of nitrogen functional groups attached to an aromatic ring is 1. The standard InChI is InChI=1S/C30H55N5O9P2/c1-2-3-4-5-6-7-8-9-10-11-12-13-14-15-16-17-20-42-21-18-19-27-33-29(31)28-30(34-27)35(24-32-28)22-26(23-44-46(39,40)41)43-25-45(36,37)38/h9-10,24,26H,2-8,11-23,25H2,1H3,(H2,31,33,34)(H2,36,37,38)(H2,39,40,41)/b10-9-/t26-/m0/s1. The molecule has 1 atom stereocenters. The lowest BCUT2D eigenvalue weighted by molar-refractivity contribution is 0.0189. The Balaban J connectivity index is 1.63. The first-order valence-electron chi connectivity index (χ1n) is 16.5. The number of unbranched alkanes of at least 4 members (excludes halogenated alkanes) is 12. The minimum absolute atomic E-state index is 0.105. The van der Waals surface area contributed by atoms with Crippen LogP contribution in [-0.2, 0) is 36.1 Å². The first kappa shape index (κ1) is 40.4. The highest BCUT2D eigenvalue weighted by atomic mass is 31.2. The number of nitrogens with two attached hydrogens (primary N) is 1. The topological polar surface area (TPSA) is 212 Å². The summed E-state index contributed by atoms with van der Waals surface area (Å²) in [6, 6.07) is 0. The van der Waals surface area contributed by atoms with Gasteiger partial charge in [-0.15, -0.1) is 0 Å². The van der Waals surface area contributed by atoms with Crippen LogP contribution < -0.4 is 5.73 Å². The summed E-state index contributed by atoms with van der Waals surface area (Å²) >= 11 is 0. The number of phosphoric ester groups is 1. The van der Waals surface area contributed by atoms with E-state index < -0.39 is 34.5 Å². The van der Waals surface area contributed by atoms with E-state index in [9.17, 15) is 9.13 Å². The zero-order valence-corrected chi connectivity index (χ0v) is 29.0. The molecule has 0 spiro atoms. The lowest BCUT2D eigenvalue weighted by atomic mass is 10.1. The van der Waals surface area contributed by atoms with Gasteiger partial charge in [-0.2, -0.15) is 0 Å². The van der Waals surface area contributed by atoms with E-state index >= 15 is 0 Å². The Hall–Kier alpha value is -1.73. The number of anilines is 1. The molecule has 0 saturated carbocycles. The summed E-state index contributed by atoms with van der Waals surface area (Å²) in [7, 11) is -9.37. The number of allylic oxidation sites excluding steroid dienone is 2. The van der Waals surface area contributed by atoms with E-state index in [0.717, 1.165) is 12.8 Å². The van der Waals surface area contributed by atoms with Gasteiger partial charge in [0.1, 0.15) is 23.8 Å². The SMILES string of the molecule is CCCCCCCC/C=C\CCCCCCCCOCCCc1nc(N)c2ncn(C[C@@H](COP(=O)(O)O)OCP(=O)(O)O)c2n1. The molecule has 0 aliphatic rings. The molecule has 2 rings (SSSR count). The summed E-state index contributed by atoms with van der Waals surface area (Å²) in [5.74, 6) is 0.648. The fraction of sp³-hybridized carbons (Fsp3) is 0.767. The summed E-state index contributed by atoms with van der Waals surface area (Å²) in [4.78, 5) is 49.4. The van der Waals surface area contributed by atoms with Gasteiger partial charge in [0.2, 0.25) is 0 Å². The molecule has 0 fully saturated rings. The van der Waals surface area contributed by atoms with Gasteiger partial charge in [-0.3, -0.25) is 9.09 Å². The summed E-state index contributed by atoms with van der Waals surface area (Å²) in [5, 5.41) is 0. The average molecular weight is 692 g/mol. The third-order valence-corrected chi connectivity index (χ3v) is 8.30. The van der Waals surface area contributed by atoms with Gasteiger partial charge in [-0.25, -0.2) is 19.5 Å². The molecule has 14 nitrogen and oxygen atoms in total. The Morgan fingerprint density at radius 1 is 0.870 bits per heavy atom. The van der Waals surface area contributed by atoms with Crippen molar-refractivity contribution in [2.24, 2.45) is 0 Å². The van der Waals surface area contributed by atoms with Crippen LogP contribution in [0, 0.1) is 0 Å². The maximum Gasteiger partial charge on any atom is 0.469 e. The fourth-order valence-corrected chi connectivity index (χ4v) is 5.67. The minimum atomic E-state index is -4.84. The largest absolute Gasteiger partial charge is 0.469 e. The van der Waals surface area contributed by atoms with Gasteiger partial charge in [0, 0.05) is 19.6 Å². The van der Waals surface area contributed by atoms with Gasteiger partial charge in [0.25, 0.3) is 0 Å². The van der Waals surface area contributed by atoms with Gasteiger partial charge in [-0.1, -0.05) is 76.9 Å². The second-order valence-corrected chi connectivity index (χ2v) is 14.4. The highest BCUT2D eigenvalue weighted by Crippen LogP contribution is 2.37. The van der Waals surface area contributed by atoms with Crippen molar-refractivity contribution in [1.29, 1.82) is 0 Å². The molecule has 0 aliphatic carbocycles. The lowest BCUT2D eigenvalue weighted by Crippen LogP contribution is -2.26. The van der Waals surface area contributed by atoms with Gasteiger partial charge in [0.15, 0.2) is 11.5 Å². The number of hydrogen-bond acceptors (Lipinski definition) is 9. The molecule has 264 valence electrons. The molecule has 16 heteroatoms. The van der Waals surface area contributed by atoms with E-state index in [1.54, 1.807) is 0 Å². The maximum atomic E-state index is 11.3. The van der Waals surface area contributed by atoms with Crippen LogP contribution in [0.1, 0.15) is 109 Å². The number of fused-ring (bicyclic) bond motifs is 1. The highest BCUT2D eigenvalue weighted by molar-refractivity contribution is 7.51. The summed E-state index contributed by atoms with van der Waals surface area (Å²) in [6.07, 6.45) is 23.0. The Morgan fingerprint density at radius 3 is 2.11 bits per heavy atom. The van der Waals surface area contributed by atoms with Crippen molar-refractivity contribution in [2.75, 3.05) is 31.9 Å². The number of rotatable bonds is 28. The van der Waals surface area contributed by atoms with Crippen LogP contribution in [-0.4, -0.2) is 71.4 Å². The Labute approximate surface area is 272 Å². The quantitative estimate of drug-likeness (QED) is 0.0393. The molecule has 0 amide bonds. The predicted molar refractivity (Wildman–Crippen MR) is 178 cm³/mol. The molecular formula is C30H55N5O9P2.